The lowest BCUT2D eigenvalue weighted by atomic mass is 10.1. The number of nitrogens with zero attached hydrogens (tertiary/aromatic N) is 2. The first-order valence-electron chi connectivity index (χ1n) is 6.99. The molecule has 4 nitrogen and oxygen atoms in total. The van der Waals surface area contributed by atoms with Gasteiger partial charge in [-0.3, -0.25) is 9.80 Å². The predicted octanol–water partition coefficient (Wildman–Crippen LogP) is 1.49. The quantitative estimate of drug-likeness (QED) is 0.833. The van der Waals surface area contributed by atoms with Gasteiger partial charge in [0.15, 0.2) is 0 Å². The molecule has 1 saturated heterocycles. The van der Waals surface area contributed by atoms with Crippen LogP contribution in [0, 0.1) is 0 Å². The van der Waals surface area contributed by atoms with Gasteiger partial charge in [0, 0.05) is 38.3 Å². The monoisotopic (exact) mass is 293 g/mol. The Bertz CT molecular complexity index is 458. The van der Waals surface area contributed by atoms with Crippen LogP contribution in [0.5, 0.6) is 5.75 Å². The zero-order valence-corrected chi connectivity index (χ0v) is 13.0. The number of nitrogens with two attached hydrogens (primary N) is 1. The first kappa shape index (κ1) is 15.2. The third kappa shape index (κ3) is 3.69. The lowest BCUT2D eigenvalue weighted by molar-refractivity contribution is 0.117. The summed E-state index contributed by atoms with van der Waals surface area (Å²) in [6, 6.07) is 8.40. The molecule has 1 heterocycles. The third-order valence-electron chi connectivity index (χ3n) is 3.95. The predicted molar refractivity (Wildman–Crippen MR) is 86.1 cm³/mol. The standard InChI is InChI=1S/C15H23N3OS/c1-12(15(16)20)18-9-7-17(8-10-18)11-13-5-3-4-6-14(13)19-2/h3-6,12H,7-11H2,1-2H3,(H2,16,20). The Morgan fingerprint density at radius 1 is 1.30 bits per heavy atom. The van der Waals surface area contributed by atoms with Crippen LogP contribution in [-0.4, -0.2) is 54.1 Å². The van der Waals surface area contributed by atoms with Gasteiger partial charge in [-0.05, 0) is 13.0 Å². The number of hydrogen-bond donors (Lipinski definition) is 1. The first-order valence-corrected chi connectivity index (χ1v) is 7.40. The van der Waals surface area contributed by atoms with Crippen LogP contribution in [0.4, 0.5) is 0 Å². The van der Waals surface area contributed by atoms with Crippen LogP contribution in [-0.2, 0) is 6.54 Å². The molecular formula is C15H23N3OS. The van der Waals surface area contributed by atoms with E-state index in [-0.39, 0.29) is 6.04 Å². The Morgan fingerprint density at radius 3 is 2.55 bits per heavy atom. The molecule has 2 N–H and O–H groups in total. The van der Waals surface area contributed by atoms with Gasteiger partial charge in [-0.1, -0.05) is 30.4 Å². The molecule has 1 unspecified atom stereocenters. The number of ether oxygens (including phenoxy) is 1. The van der Waals surface area contributed by atoms with Crippen molar-refractivity contribution < 1.29 is 4.74 Å². The van der Waals surface area contributed by atoms with Crippen LogP contribution < -0.4 is 10.5 Å². The molecule has 1 aliphatic rings. The van der Waals surface area contributed by atoms with Gasteiger partial charge >= 0.3 is 0 Å². The van der Waals surface area contributed by atoms with Gasteiger partial charge in [-0.15, -0.1) is 0 Å². The molecule has 0 bridgehead atoms. The Balaban J connectivity index is 1.90. The number of rotatable bonds is 5. The Kier molecular flexibility index (Phi) is 5.34. The van der Waals surface area contributed by atoms with E-state index in [1.54, 1.807) is 7.11 Å². The van der Waals surface area contributed by atoms with Gasteiger partial charge in [-0.2, -0.15) is 0 Å². The molecule has 1 aromatic carbocycles. The third-order valence-corrected chi connectivity index (χ3v) is 4.29. The highest BCUT2D eigenvalue weighted by Gasteiger charge is 2.22. The van der Waals surface area contributed by atoms with Crippen molar-refractivity contribution in [1.82, 2.24) is 9.80 Å². The summed E-state index contributed by atoms with van der Waals surface area (Å²) in [5.41, 5.74) is 6.96. The van der Waals surface area contributed by atoms with Gasteiger partial charge in [-0.25, -0.2) is 0 Å². The molecule has 2 rings (SSSR count). The maximum Gasteiger partial charge on any atom is 0.123 e. The molecule has 20 heavy (non-hydrogen) atoms. The van der Waals surface area contributed by atoms with E-state index in [4.69, 9.17) is 22.7 Å². The lowest BCUT2D eigenvalue weighted by Crippen LogP contribution is -2.52. The number of methoxy groups -OCH3 is 1. The number of thiocarbonyl (C=S) groups is 1. The van der Waals surface area contributed by atoms with Gasteiger partial charge in [0.2, 0.25) is 0 Å². The van der Waals surface area contributed by atoms with Crippen molar-refractivity contribution in [3.8, 4) is 5.75 Å². The molecule has 110 valence electrons. The number of piperazine rings is 1. The Labute approximate surface area is 126 Å². The van der Waals surface area contributed by atoms with E-state index in [9.17, 15) is 0 Å². The largest absolute Gasteiger partial charge is 0.496 e. The fraction of sp³-hybridized carbons (Fsp3) is 0.533. The molecule has 1 aromatic rings. The molecule has 0 aromatic heterocycles. The fourth-order valence-electron chi connectivity index (χ4n) is 2.56. The van der Waals surface area contributed by atoms with Crippen LogP contribution in [0.1, 0.15) is 12.5 Å². The first-order chi connectivity index (χ1) is 9.61. The highest BCUT2D eigenvalue weighted by Crippen LogP contribution is 2.20. The van der Waals surface area contributed by atoms with Crippen molar-refractivity contribution in [2.24, 2.45) is 5.73 Å². The minimum absolute atomic E-state index is 0.193. The summed E-state index contributed by atoms with van der Waals surface area (Å²) in [6.45, 7) is 7.09. The van der Waals surface area contributed by atoms with Gasteiger partial charge < -0.3 is 10.5 Å². The second-order valence-electron chi connectivity index (χ2n) is 5.20. The average molecular weight is 293 g/mol. The second-order valence-corrected chi connectivity index (χ2v) is 5.67. The van der Waals surface area contributed by atoms with Gasteiger partial charge in [0.25, 0.3) is 0 Å². The van der Waals surface area contributed by atoms with Crippen LogP contribution in [0.3, 0.4) is 0 Å². The minimum atomic E-state index is 0.193. The molecule has 1 fully saturated rings. The van der Waals surface area contributed by atoms with Crippen molar-refractivity contribution in [2.45, 2.75) is 19.5 Å². The summed E-state index contributed by atoms with van der Waals surface area (Å²) < 4.78 is 5.41. The van der Waals surface area contributed by atoms with Crippen molar-refractivity contribution in [3.63, 3.8) is 0 Å². The fourth-order valence-corrected chi connectivity index (χ4v) is 2.71. The SMILES string of the molecule is COc1ccccc1CN1CCN(C(C)C(N)=S)CC1. The smallest absolute Gasteiger partial charge is 0.123 e. The number of benzene rings is 1. The van der Waals surface area contributed by atoms with E-state index in [1.807, 2.05) is 12.1 Å². The maximum absolute atomic E-state index is 5.72. The highest BCUT2D eigenvalue weighted by molar-refractivity contribution is 7.80. The van der Waals surface area contributed by atoms with Crippen LogP contribution >= 0.6 is 12.2 Å². The molecule has 1 atom stereocenters. The van der Waals surface area contributed by atoms with Gasteiger partial charge in [0.05, 0.1) is 18.1 Å². The van der Waals surface area contributed by atoms with Crippen molar-refractivity contribution in [1.29, 1.82) is 0 Å². The highest BCUT2D eigenvalue weighted by atomic mass is 32.1. The van der Waals surface area contributed by atoms with Crippen LogP contribution in [0.15, 0.2) is 24.3 Å². The second kappa shape index (κ2) is 7.02. The topological polar surface area (TPSA) is 41.7 Å². The zero-order valence-electron chi connectivity index (χ0n) is 12.2. The Hall–Kier alpha value is -1.17. The molecule has 0 aliphatic carbocycles. The maximum atomic E-state index is 5.72. The minimum Gasteiger partial charge on any atom is -0.496 e. The molecule has 0 radical (unpaired) electrons. The summed E-state index contributed by atoms with van der Waals surface area (Å²) in [5, 5.41) is 0. The van der Waals surface area contributed by atoms with E-state index in [2.05, 4.69) is 28.9 Å². The van der Waals surface area contributed by atoms with E-state index < -0.39 is 0 Å². The summed E-state index contributed by atoms with van der Waals surface area (Å²) in [4.78, 5) is 5.38. The van der Waals surface area contributed by atoms with E-state index in [0.29, 0.717) is 4.99 Å². The average Bonchev–Trinajstić information content (AvgIpc) is 2.48. The lowest BCUT2D eigenvalue weighted by Gasteiger charge is -2.37. The van der Waals surface area contributed by atoms with Crippen molar-refractivity contribution in [2.75, 3.05) is 33.3 Å². The summed E-state index contributed by atoms with van der Waals surface area (Å²) in [5.74, 6) is 0.964. The van der Waals surface area contributed by atoms with Crippen molar-refractivity contribution in [3.05, 3.63) is 29.8 Å². The molecule has 5 heteroatoms. The van der Waals surface area contributed by atoms with Crippen LogP contribution in [0.25, 0.3) is 0 Å². The normalized spacial score (nSPS) is 18.7. The number of hydrogen-bond acceptors (Lipinski definition) is 4. The molecular weight excluding hydrogens is 270 g/mol. The van der Waals surface area contributed by atoms with Gasteiger partial charge in [0.1, 0.15) is 5.75 Å². The summed E-state index contributed by atoms with van der Waals surface area (Å²) in [6.07, 6.45) is 0. The van der Waals surface area contributed by atoms with E-state index >= 15 is 0 Å². The van der Waals surface area contributed by atoms with E-state index in [1.165, 1.54) is 5.56 Å². The molecule has 0 spiro atoms. The summed E-state index contributed by atoms with van der Waals surface area (Å²) in [7, 11) is 1.72. The molecule has 0 amide bonds. The van der Waals surface area contributed by atoms with Crippen molar-refractivity contribution >= 4 is 17.2 Å². The summed E-state index contributed by atoms with van der Waals surface area (Å²) >= 11 is 5.07. The zero-order chi connectivity index (χ0) is 14.5. The molecule has 1 aliphatic heterocycles. The van der Waals surface area contributed by atoms with E-state index in [0.717, 1.165) is 38.5 Å². The Morgan fingerprint density at radius 2 is 1.95 bits per heavy atom. The number of para-hydroxylation sites is 1. The molecule has 0 saturated carbocycles. The van der Waals surface area contributed by atoms with Crippen LogP contribution in [0.2, 0.25) is 0 Å².